The van der Waals surface area contributed by atoms with Crippen LogP contribution in [-0.2, 0) is 36.4 Å². The van der Waals surface area contributed by atoms with Crippen LogP contribution in [0, 0.1) is 0 Å². The topological polar surface area (TPSA) is 122 Å². The van der Waals surface area contributed by atoms with Crippen LogP contribution in [0.3, 0.4) is 0 Å². The zero-order valence-corrected chi connectivity index (χ0v) is 21.9. The fraction of sp³-hybridized carbons (Fsp3) is 0.481. The standard InChI is InChI=1S/C27H34N4O5S/c1-37(34,35)31-19-26(21-9-5-6-10-23(21)31)13-15-30(16-14-26)24(32)22(29-25(33)27(28)11-12-27)18-36-17-20-7-3-2-4-8-20/h2-10,22H,11-19,28H2,1H3,(H,29,33)/t22-/m1/s1. The van der Waals surface area contributed by atoms with E-state index in [1.54, 1.807) is 4.90 Å². The Bertz CT molecular complexity index is 1270. The van der Waals surface area contributed by atoms with E-state index in [-0.39, 0.29) is 23.8 Å². The van der Waals surface area contributed by atoms with Crippen LogP contribution in [-0.4, -0.2) is 69.2 Å². The summed E-state index contributed by atoms with van der Waals surface area (Å²) >= 11 is 0. The number of amides is 2. The third-order valence-electron chi connectivity index (χ3n) is 7.86. The molecule has 2 aromatic carbocycles. The van der Waals surface area contributed by atoms with Gasteiger partial charge < -0.3 is 20.7 Å². The van der Waals surface area contributed by atoms with Crippen LogP contribution in [0.2, 0.25) is 0 Å². The van der Waals surface area contributed by atoms with Gasteiger partial charge in [-0.15, -0.1) is 0 Å². The number of carbonyl (C=O) groups excluding carboxylic acids is 2. The number of fused-ring (bicyclic) bond motifs is 2. The van der Waals surface area contributed by atoms with Crippen molar-refractivity contribution in [2.45, 2.75) is 49.3 Å². The number of benzene rings is 2. The molecular weight excluding hydrogens is 492 g/mol. The zero-order chi connectivity index (χ0) is 26.3. The lowest BCUT2D eigenvalue weighted by molar-refractivity contribution is -0.140. The number of hydrogen-bond acceptors (Lipinski definition) is 6. The predicted octanol–water partition coefficient (Wildman–Crippen LogP) is 1.52. The van der Waals surface area contributed by atoms with Crippen molar-refractivity contribution in [1.29, 1.82) is 0 Å². The second-order valence-electron chi connectivity index (χ2n) is 10.6. The number of sulfonamides is 1. The third-order valence-corrected chi connectivity index (χ3v) is 8.99. The van der Waals surface area contributed by atoms with E-state index in [2.05, 4.69) is 5.32 Å². The summed E-state index contributed by atoms with van der Waals surface area (Å²) in [6, 6.07) is 16.4. The fourth-order valence-electron chi connectivity index (χ4n) is 5.39. The van der Waals surface area contributed by atoms with Gasteiger partial charge in [-0.3, -0.25) is 13.9 Å². The van der Waals surface area contributed by atoms with Crippen LogP contribution in [0.1, 0.15) is 36.8 Å². The second kappa shape index (κ2) is 9.74. The van der Waals surface area contributed by atoms with Gasteiger partial charge in [0.25, 0.3) is 0 Å². The van der Waals surface area contributed by atoms with Gasteiger partial charge in [0.2, 0.25) is 21.8 Å². The Balaban J connectivity index is 1.27. The van der Waals surface area contributed by atoms with E-state index in [0.29, 0.717) is 51.9 Å². The van der Waals surface area contributed by atoms with E-state index >= 15 is 0 Å². The van der Waals surface area contributed by atoms with Gasteiger partial charge in [0.1, 0.15) is 6.04 Å². The number of piperidine rings is 1. The molecule has 0 unspecified atom stereocenters. The molecule has 1 atom stereocenters. The van der Waals surface area contributed by atoms with E-state index in [0.717, 1.165) is 16.8 Å². The van der Waals surface area contributed by atoms with Crippen LogP contribution in [0.15, 0.2) is 54.6 Å². The molecule has 9 nitrogen and oxygen atoms in total. The number of likely N-dealkylation sites (tertiary alicyclic amines) is 1. The molecule has 3 N–H and O–H groups in total. The third kappa shape index (κ3) is 5.23. The summed E-state index contributed by atoms with van der Waals surface area (Å²) < 4.78 is 32.3. The number of anilines is 1. The summed E-state index contributed by atoms with van der Waals surface area (Å²) in [6.07, 6.45) is 3.71. The largest absolute Gasteiger partial charge is 0.374 e. The molecule has 1 saturated heterocycles. The summed E-state index contributed by atoms with van der Waals surface area (Å²) in [7, 11) is -3.41. The van der Waals surface area contributed by atoms with E-state index in [4.69, 9.17) is 10.5 Å². The maximum absolute atomic E-state index is 13.6. The van der Waals surface area contributed by atoms with Crippen LogP contribution in [0.5, 0.6) is 0 Å². The molecule has 2 aromatic rings. The Morgan fingerprint density at radius 3 is 2.32 bits per heavy atom. The van der Waals surface area contributed by atoms with E-state index in [1.165, 1.54) is 10.6 Å². The second-order valence-corrected chi connectivity index (χ2v) is 12.5. The van der Waals surface area contributed by atoms with Gasteiger partial charge in [0.05, 0.1) is 30.7 Å². The van der Waals surface area contributed by atoms with Crippen molar-refractivity contribution in [3.63, 3.8) is 0 Å². The van der Waals surface area contributed by atoms with Crippen molar-refractivity contribution in [2.75, 3.05) is 36.8 Å². The lowest BCUT2D eigenvalue weighted by atomic mass is 9.74. The Morgan fingerprint density at radius 2 is 1.68 bits per heavy atom. The van der Waals surface area contributed by atoms with E-state index in [1.807, 2.05) is 54.6 Å². The summed E-state index contributed by atoms with van der Waals surface area (Å²) in [5.74, 6) is -0.525. The van der Waals surface area contributed by atoms with Crippen molar-refractivity contribution in [3.8, 4) is 0 Å². The van der Waals surface area contributed by atoms with Gasteiger partial charge >= 0.3 is 0 Å². The molecule has 5 rings (SSSR count). The minimum absolute atomic E-state index is 0.0435. The highest BCUT2D eigenvalue weighted by molar-refractivity contribution is 7.92. The molecule has 10 heteroatoms. The first-order valence-electron chi connectivity index (χ1n) is 12.7. The summed E-state index contributed by atoms with van der Waals surface area (Å²) in [6.45, 7) is 1.67. The Hall–Kier alpha value is -2.95. The van der Waals surface area contributed by atoms with E-state index < -0.39 is 21.6 Å². The normalized spacial score (nSPS) is 20.4. The fourth-order valence-corrected chi connectivity index (χ4v) is 6.39. The van der Waals surface area contributed by atoms with Crippen molar-refractivity contribution < 1.29 is 22.7 Å². The molecular formula is C27H34N4O5S. The molecule has 2 aliphatic heterocycles. The Morgan fingerprint density at radius 1 is 1.03 bits per heavy atom. The Labute approximate surface area is 218 Å². The van der Waals surface area contributed by atoms with Crippen LogP contribution in [0.4, 0.5) is 5.69 Å². The predicted molar refractivity (Wildman–Crippen MR) is 140 cm³/mol. The SMILES string of the molecule is CS(=O)(=O)N1CC2(CCN(C(=O)[C@@H](COCc3ccccc3)NC(=O)C3(N)CC3)CC2)c2ccccc21. The van der Waals surface area contributed by atoms with Crippen LogP contribution in [0.25, 0.3) is 0 Å². The first-order valence-corrected chi connectivity index (χ1v) is 14.5. The summed E-state index contributed by atoms with van der Waals surface area (Å²) in [5.41, 5.74) is 7.56. The molecule has 2 heterocycles. The number of para-hydroxylation sites is 1. The van der Waals surface area contributed by atoms with Crippen LogP contribution >= 0.6 is 0 Å². The first kappa shape index (κ1) is 25.7. The zero-order valence-electron chi connectivity index (χ0n) is 21.1. The van der Waals surface area contributed by atoms with Crippen molar-refractivity contribution in [1.82, 2.24) is 10.2 Å². The summed E-state index contributed by atoms with van der Waals surface area (Å²) in [5, 5.41) is 2.84. The molecule has 1 spiro atoms. The molecule has 3 aliphatic rings. The number of ether oxygens (including phenoxy) is 1. The van der Waals surface area contributed by atoms with Gasteiger partial charge in [-0.2, -0.15) is 0 Å². The highest BCUT2D eigenvalue weighted by Gasteiger charge is 2.49. The molecule has 1 aliphatic carbocycles. The Kier molecular flexibility index (Phi) is 6.76. The minimum atomic E-state index is -3.41. The minimum Gasteiger partial charge on any atom is -0.374 e. The highest BCUT2D eigenvalue weighted by atomic mass is 32.2. The number of nitrogens with one attached hydrogen (secondary N) is 1. The number of hydrogen-bond donors (Lipinski definition) is 2. The van der Waals surface area contributed by atoms with Crippen molar-refractivity contribution in [3.05, 3.63) is 65.7 Å². The molecule has 2 fully saturated rings. The molecule has 37 heavy (non-hydrogen) atoms. The molecule has 198 valence electrons. The maximum atomic E-state index is 13.6. The maximum Gasteiger partial charge on any atom is 0.247 e. The number of carbonyl (C=O) groups is 2. The van der Waals surface area contributed by atoms with Gasteiger partial charge in [-0.25, -0.2) is 8.42 Å². The van der Waals surface area contributed by atoms with Gasteiger partial charge in [0.15, 0.2) is 0 Å². The number of rotatable bonds is 8. The van der Waals surface area contributed by atoms with Gasteiger partial charge in [-0.1, -0.05) is 48.5 Å². The molecule has 0 aromatic heterocycles. The number of nitrogens with two attached hydrogens (primary N) is 1. The van der Waals surface area contributed by atoms with Crippen LogP contribution < -0.4 is 15.4 Å². The number of nitrogens with zero attached hydrogens (tertiary/aromatic N) is 2. The molecule has 1 saturated carbocycles. The van der Waals surface area contributed by atoms with Crippen molar-refractivity contribution in [2.24, 2.45) is 5.73 Å². The quantitative estimate of drug-likeness (QED) is 0.538. The van der Waals surface area contributed by atoms with Gasteiger partial charge in [-0.05, 0) is 42.9 Å². The van der Waals surface area contributed by atoms with E-state index in [9.17, 15) is 18.0 Å². The summed E-state index contributed by atoms with van der Waals surface area (Å²) in [4.78, 5) is 28.0. The van der Waals surface area contributed by atoms with Gasteiger partial charge in [0, 0.05) is 25.0 Å². The molecule has 0 radical (unpaired) electrons. The average molecular weight is 527 g/mol. The lowest BCUT2D eigenvalue weighted by Crippen LogP contribution is -2.57. The monoisotopic (exact) mass is 526 g/mol. The smallest absolute Gasteiger partial charge is 0.247 e. The first-order chi connectivity index (χ1) is 17.6. The molecule has 2 amide bonds. The average Bonchev–Trinajstić information content (AvgIpc) is 3.57. The lowest BCUT2D eigenvalue weighted by Gasteiger charge is -2.41. The van der Waals surface area contributed by atoms with Crippen molar-refractivity contribution >= 4 is 27.5 Å². The highest BCUT2D eigenvalue weighted by Crippen LogP contribution is 2.47. The molecule has 0 bridgehead atoms.